The first-order chi connectivity index (χ1) is 12.3. The van der Waals surface area contributed by atoms with Crippen molar-refractivity contribution in [2.75, 3.05) is 5.32 Å². The molecule has 7 heteroatoms. The topological polar surface area (TPSA) is 84.3 Å². The molecule has 1 aliphatic heterocycles. The third kappa shape index (κ3) is 3.30. The van der Waals surface area contributed by atoms with Crippen molar-refractivity contribution in [3.63, 3.8) is 0 Å². The molecule has 3 atom stereocenters. The summed E-state index contributed by atoms with van der Waals surface area (Å²) < 4.78 is 1.58. The van der Waals surface area contributed by atoms with Crippen LogP contribution in [0.25, 0.3) is 0 Å². The number of fused-ring (bicyclic) bond motifs is 1. The number of aromatic nitrogens is 2. The molecule has 26 heavy (non-hydrogen) atoms. The van der Waals surface area contributed by atoms with Gasteiger partial charge in [0.25, 0.3) is 0 Å². The number of carbonyl (C=O) groups excluding carboxylic acids is 3. The second-order valence-corrected chi connectivity index (χ2v) is 7.63. The number of hydrogen-bond acceptors (Lipinski definition) is 4. The zero-order chi connectivity index (χ0) is 19.0. The van der Waals surface area contributed by atoms with Crippen molar-refractivity contribution < 1.29 is 14.4 Å². The molecule has 3 amide bonds. The summed E-state index contributed by atoms with van der Waals surface area (Å²) in [5, 5.41) is 7.05. The lowest BCUT2D eigenvalue weighted by Crippen LogP contribution is -2.48. The minimum atomic E-state index is -0.796. The third-order valence-corrected chi connectivity index (χ3v) is 5.10. The molecule has 1 aliphatic carbocycles. The Morgan fingerprint density at radius 1 is 1.23 bits per heavy atom. The number of nitrogens with zero attached hydrogens (tertiary/aromatic N) is 3. The minimum Gasteiger partial charge on any atom is -0.309 e. The molecule has 0 spiro atoms. The lowest BCUT2D eigenvalue weighted by molar-refractivity contribution is -0.147. The van der Waals surface area contributed by atoms with E-state index in [0.29, 0.717) is 25.1 Å². The highest BCUT2D eigenvalue weighted by Crippen LogP contribution is 2.37. The van der Waals surface area contributed by atoms with Crippen LogP contribution >= 0.6 is 0 Å². The molecule has 0 radical (unpaired) electrons. The predicted octanol–water partition coefficient (Wildman–Crippen LogP) is 2.03. The van der Waals surface area contributed by atoms with Crippen molar-refractivity contribution >= 4 is 23.5 Å². The van der Waals surface area contributed by atoms with Crippen LogP contribution < -0.4 is 5.32 Å². The molecule has 2 heterocycles. The van der Waals surface area contributed by atoms with Gasteiger partial charge in [0, 0.05) is 13.1 Å². The largest absolute Gasteiger partial charge is 0.309 e. The molecule has 7 nitrogen and oxygen atoms in total. The average Bonchev–Trinajstić information content (AvgIpc) is 3.02. The van der Waals surface area contributed by atoms with E-state index < -0.39 is 6.04 Å². The van der Waals surface area contributed by atoms with Gasteiger partial charge in [-0.05, 0) is 32.1 Å². The van der Waals surface area contributed by atoms with Crippen LogP contribution in [0.5, 0.6) is 0 Å². The van der Waals surface area contributed by atoms with E-state index in [9.17, 15) is 14.4 Å². The van der Waals surface area contributed by atoms with Crippen LogP contribution in [0, 0.1) is 24.7 Å². The van der Waals surface area contributed by atoms with E-state index in [0.717, 1.165) is 5.69 Å². The van der Waals surface area contributed by atoms with Crippen molar-refractivity contribution in [1.82, 2.24) is 14.7 Å². The van der Waals surface area contributed by atoms with Gasteiger partial charge in [0.2, 0.25) is 17.7 Å². The summed E-state index contributed by atoms with van der Waals surface area (Å²) >= 11 is 0. The highest BCUT2D eigenvalue weighted by atomic mass is 16.2. The SMILES string of the molecule is Cc1cc(NC(=O)C(CC(C)C)N2C(=O)C3CC=CCC3C2=O)n(C)n1. The maximum absolute atomic E-state index is 13.0. The number of carbonyl (C=O) groups is 3. The van der Waals surface area contributed by atoms with E-state index in [-0.39, 0.29) is 35.5 Å². The van der Waals surface area contributed by atoms with Gasteiger partial charge in [0.15, 0.2) is 0 Å². The van der Waals surface area contributed by atoms with Gasteiger partial charge >= 0.3 is 0 Å². The summed E-state index contributed by atoms with van der Waals surface area (Å²) in [6.07, 6.45) is 5.48. The molecule has 0 saturated carbocycles. The second-order valence-electron chi connectivity index (χ2n) is 7.63. The zero-order valence-corrected chi connectivity index (χ0v) is 15.7. The van der Waals surface area contributed by atoms with E-state index >= 15 is 0 Å². The number of imide groups is 1. The molecular weight excluding hydrogens is 332 g/mol. The van der Waals surface area contributed by atoms with Gasteiger partial charge in [-0.15, -0.1) is 0 Å². The molecule has 3 rings (SSSR count). The highest BCUT2D eigenvalue weighted by molar-refractivity contribution is 6.10. The van der Waals surface area contributed by atoms with E-state index in [1.807, 2.05) is 32.9 Å². The summed E-state index contributed by atoms with van der Waals surface area (Å²) in [6, 6.07) is 0.970. The first kappa shape index (κ1) is 18.4. The van der Waals surface area contributed by atoms with Gasteiger partial charge in [-0.2, -0.15) is 5.10 Å². The van der Waals surface area contributed by atoms with Crippen molar-refractivity contribution in [1.29, 1.82) is 0 Å². The molecular formula is C19H26N4O3. The van der Waals surface area contributed by atoms with E-state index in [4.69, 9.17) is 0 Å². The molecule has 1 aromatic rings. The van der Waals surface area contributed by atoms with Crippen LogP contribution in [0.2, 0.25) is 0 Å². The Balaban J connectivity index is 1.86. The van der Waals surface area contributed by atoms with Crippen LogP contribution in [0.15, 0.2) is 18.2 Å². The summed E-state index contributed by atoms with van der Waals surface area (Å²) in [6.45, 7) is 5.80. The Kier molecular flexibility index (Phi) is 4.98. The van der Waals surface area contributed by atoms with Gasteiger partial charge in [-0.3, -0.25) is 24.0 Å². The molecule has 1 fully saturated rings. The number of anilines is 1. The number of likely N-dealkylation sites (tertiary alicyclic amines) is 1. The number of aryl methyl sites for hydroxylation is 2. The summed E-state index contributed by atoms with van der Waals surface area (Å²) in [5.41, 5.74) is 0.786. The summed E-state index contributed by atoms with van der Waals surface area (Å²) in [7, 11) is 1.74. The first-order valence-corrected chi connectivity index (χ1v) is 9.13. The monoisotopic (exact) mass is 358 g/mol. The molecule has 1 saturated heterocycles. The van der Waals surface area contributed by atoms with Crippen molar-refractivity contribution in [3.05, 3.63) is 23.9 Å². The molecule has 0 bridgehead atoms. The standard InChI is InChI=1S/C19H26N4O3/c1-11(2)9-15(17(24)20-16-10-12(3)21-22(16)4)23-18(25)13-7-5-6-8-14(13)19(23)26/h5-6,10-11,13-15H,7-9H2,1-4H3,(H,20,24). The Hall–Kier alpha value is -2.44. The number of nitrogens with one attached hydrogen (secondary N) is 1. The van der Waals surface area contributed by atoms with E-state index in [1.54, 1.807) is 17.8 Å². The van der Waals surface area contributed by atoms with Crippen LogP contribution in [-0.2, 0) is 21.4 Å². The number of allylic oxidation sites excluding steroid dienone is 2. The van der Waals surface area contributed by atoms with Gasteiger partial charge in [0.1, 0.15) is 11.9 Å². The predicted molar refractivity (Wildman–Crippen MR) is 97.0 cm³/mol. The maximum atomic E-state index is 13.0. The smallest absolute Gasteiger partial charge is 0.248 e. The van der Waals surface area contributed by atoms with Crippen LogP contribution in [0.1, 0.15) is 38.8 Å². The first-order valence-electron chi connectivity index (χ1n) is 9.13. The quantitative estimate of drug-likeness (QED) is 0.645. The lowest BCUT2D eigenvalue weighted by Gasteiger charge is -2.27. The minimum absolute atomic E-state index is 0.167. The Bertz CT molecular complexity index is 739. The maximum Gasteiger partial charge on any atom is 0.248 e. The Morgan fingerprint density at radius 3 is 2.27 bits per heavy atom. The number of hydrogen-bond donors (Lipinski definition) is 1. The zero-order valence-electron chi connectivity index (χ0n) is 15.7. The van der Waals surface area contributed by atoms with Crippen LogP contribution in [0.3, 0.4) is 0 Å². The fraction of sp³-hybridized carbons (Fsp3) is 0.579. The van der Waals surface area contributed by atoms with Crippen LogP contribution in [0.4, 0.5) is 5.82 Å². The number of amides is 3. The second kappa shape index (κ2) is 7.05. The van der Waals surface area contributed by atoms with E-state index in [2.05, 4.69) is 10.4 Å². The van der Waals surface area contributed by atoms with Gasteiger partial charge < -0.3 is 5.32 Å². The molecule has 2 aliphatic rings. The van der Waals surface area contributed by atoms with Crippen molar-refractivity contribution in [3.8, 4) is 0 Å². The van der Waals surface area contributed by atoms with Crippen LogP contribution in [-0.4, -0.2) is 38.4 Å². The third-order valence-electron chi connectivity index (χ3n) is 5.10. The van der Waals surface area contributed by atoms with Crippen molar-refractivity contribution in [2.45, 2.75) is 46.1 Å². The molecule has 0 aromatic carbocycles. The Morgan fingerprint density at radius 2 is 1.81 bits per heavy atom. The molecule has 3 unspecified atom stereocenters. The van der Waals surface area contributed by atoms with Gasteiger partial charge in [-0.25, -0.2) is 0 Å². The fourth-order valence-corrected chi connectivity index (χ4v) is 3.85. The van der Waals surface area contributed by atoms with Gasteiger partial charge in [-0.1, -0.05) is 26.0 Å². The number of rotatable bonds is 5. The van der Waals surface area contributed by atoms with E-state index in [1.165, 1.54) is 4.90 Å². The fourth-order valence-electron chi connectivity index (χ4n) is 3.85. The van der Waals surface area contributed by atoms with Gasteiger partial charge in [0.05, 0.1) is 17.5 Å². The summed E-state index contributed by atoms with van der Waals surface area (Å²) in [5.74, 6) is -0.699. The normalized spacial score (nSPS) is 23.5. The van der Waals surface area contributed by atoms with Crippen molar-refractivity contribution in [2.24, 2.45) is 24.8 Å². The average molecular weight is 358 g/mol. The molecule has 140 valence electrons. The molecule has 1 N–H and O–H groups in total. The Labute approximate surface area is 153 Å². The molecule has 1 aromatic heterocycles. The lowest BCUT2D eigenvalue weighted by atomic mass is 9.85. The highest BCUT2D eigenvalue weighted by Gasteiger charge is 2.51. The summed E-state index contributed by atoms with van der Waals surface area (Å²) in [4.78, 5) is 40.0.